The Hall–Kier alpha value is -1.80. The Balaban J connectivity index is 2.57. The third-order valence-electron chi connectivity index (χ3n) is 2.04. The fourth-order valence-electron chi connectivity index (χ4n) is 1.24. The number of allylic oxidation sites excluding steroid dienone is 2. The van der Waals surface area contributed by atoms with Crippen molar-refractivity contribution in [2.45, 2.75) is 13.8 Å². The predicted octanol–water partition coefficient (Wildman–Crippen LogP) is 0.0185. The highest BCUT2D eigenvalue weighted by Crippen LogP contribution is 2.24. The topological polar surface area (TPSA) is 100 Å². The van der Waals surface area contributed by atoms with E-state index in [4.69, 9.17) is 0 Å². The Bertz CT molecular complexity index is 385. The molecule has 0 aromatic carbocycles. The van der Waals surface area contributed by atoms with E-state index in [0.29, 0.717) is 0 Å². The molecule has 0 aromatic heterocycles. The van der Waals surface area contributed by atoms with Crippen molar-refractivity contribution in [2.75, 3.05) is 0 Å². The summed E-state index contributed by atoms with van der Waals surface area (Å²) in [5.41, 5.74) is 0.0556. The maximum absolute atomic E-state index is 11.2. The van der Waals surface area contributed by atoms with Gasteiger partial charge < -0.3 is 15.6 Å². The minimum Gasteiger partial charge on any atom is -0.722 e. The molecule has 2 rings (SSSR count). The van der Waals surface area contributed by atoms with Gasteiger partial charge in [0, 0.05) is 6.92 Å². The summed E-state index contributed by atoms with van der Waals surface area (Å²) in [6, 6.07) is 0. The number of oxime groups is 1. The van der Waals surface area contributed by atoms with Crippen LogP contribution in [-0.4, -0.2) is 26.7 Å². The summed E-state index contributed by atoms with van der Waals surface area (Å²) >= 11 is 0. The van der Waals surface area contributed by atoms with Crippen molar-refractivity contribution in [1.29, 1.82) is 0 Å². The first-order valence-electron chi connectivity index (χ1n) is 3.76. The van der Waals surface area contributed by atoms with Gasteiger partial charge in [0.05, 0.1) is 5.70 Å². The number of hydrazone groups is 1. The van der Waals surface area contributed by atoms with Gasteiger partial charge in [0.15, 0.2) is 0 Å². The van der Waals surface area contributed by atoms with E-state index >= 15 is 0 Å². The van der Waals surface area contributed by atoms with Gasteiger partial charge in [-0.15, -0.1) is 0 Å². The largest absolute Gasteiger partial charge is 0.722 e. The second-order valence-corrected chi connectivity index (χ2v) is 2.84. The molecule has 76 valence electrons. The minimum absolute atomic E-state index is 0.0235. The Labute approximate surface area is 78.6 Å². The first-order chi connectivity index (χ1) is 6.54. The number of rotatable bonds is 0. The van der Waals surface area contributed by atoms with E-state index in [0.717, 1.165) is 0 Å². The molecule has 0 unspecified atom stereocenters. The highest BCUT2D eigenvalue weighted by atomic mass is 17.0. The number of hydrazine groups is 1. The first kappa shape index (κ1) is 8.78. The second-order valence-electron chi connectivity index (χ2n) is 2.84. The van der Waals surface area contributed by atoms with E-state index in [1.165, 1.54) is 13.8 Å². The lowest BCUT2D eigenvalue weighted by Crippen LogP contribution is -2.40. The van der Waals surface area contributed by atoms with Crippen LogP contribution in [0.25, 0.3) is 0 Å². The van der Waals surface area contributed by atoms with Crippen LogP contribution in [0.15, 0.2) is 16.5 Å². The minimum atomic E-state index is -0.0446. The molecule has 0 spiro atoms. The maximum atomic E-state index is 11.2. The summed E-state index contributed by atoms with van der Waals surface area (Å²) in [6.07, 6.45) is 0. The molecule has 0 saturated heterocycles. The molecule has 0 atom stereocenters. The fourth-order valence-corrected chi connectivity index (χ4v) is 1.24. The molecule has 0 aliphatic carbocycles. The van der Waals surface area contributed by atoms with Crippen LogP contribution in [0.4, 0.5) is 0 Å². The number of hydrogen-bond acceptors (Lipinski definition) is 7. The van der Waals surface area contributed by atoms with Crippen LogP contribution in [0.1, 0.15) is 13.8 Å². The van der Waals surface area contributed by atoms with E-state index in [1.54, 1.807) is 0 Å². The van der Waals surface area contributed by atoms with Crippen molar-refractivity contribution >= 4 is 11.4 Å². The zero-order valence-corrected chi connectivity index (χ0v) is 7.42. The number of hydroxylamine groups is 3. The van der Waals surface area contributed by atoms with Crippen molar-refractivity contribution in [3.63, 3.8) is 0 Å². The third-order valence-corrected chi connectivity index (χ3v) is 2.04. The molecular formula is C6H6N4O4-2. The summed E-state index contributed by atoms with van der Waals surface area (Å²) < 4.78 is 0. The predicted molar refractivity (Wildman–Crippen MR) is 45.9 cm³/mol. The quantitative estimate of drug-likeness (QED) is 0.401. The highest BCUT2D eigenvalue weighted by molar-refractivity contribution is 6.46. The van der Waals surface area contributed by atoms with Crippen LogP contribution >= 0.6 is 0 Å². The van der Waals surface area contributed by atoms with Crippen LogP contribution in [0.2, 0.25) is 0 Å². The summed E-state index contributed by atoms with van der Waals surface area (Å²) in [7, 11) is 0. The molecule has 0 fully saturated rings. The standard InChI is InChI=1S/C6H6N4O4/c1-3-5-6(10(13)14-7-5)4(2)9(12)8(3)11/h1-2H3/q-2. The average Bonchev–Trinajstić information content (AvgIpc) is 2.54. The van der Waals surface area contributed by atoms with Crippen LogP contribution in [0.5, 0.6) is 0 Å². The van der Waals surface area contributed by atoms with Gasteiger partial charge in [0.1, 0.15) is 5.70 Å². The molecule has 8 heteroatoms. The lowest BCUT2D eigenvalue weighted by atomic mass is 10.1. The Morgan fingerprint density at radius 2 is 2.00 bits per heavy atom. The van der Waals surface area contributed by atoms with Gasteiger partial charge in [0.25, 0.3) is 0 Å². The van der Waals surface area contributed by atoms with Gasteiger partial charge in [-0.2, -0.15) is 5.17 Å². The van der Waals surface area contributed by atoms with E-state index in [9.17, 15) is 15.6 Å². The second kappa shape index (κ2) is 2.59. The normalized spacial score (nSPS) is 21.3. The van der Waals surface area contributed by atoms with Crippen molar-refractivity contribution in [2.24, 2.45) is 5.16 Å². The van der Waals surface area contributed by atoms with E-state index in [1.807, 2.05) is 0 Å². The van der Waals surface area contributed by atoms with E-state index in [2.05, 4.69) is 10.1 Å². The van der Waals surface area contributed by atoms with Crippen LogP contribution in [0, 0.1) is 15.6 Å². The molecule has 2 aliphatic rings. The van der Waals surface area contributed by atoms with Crippen LogP contribution < -0.4 is 0 Å². The molecule has 0 bridgehead atoms. The van der Waals surface area contributed by atoms with Gasteiger partial charge >= 0.3 is 0 Å². The lowest BCUT2D eigenvalue weighted by Gasteiger charge is -2.34. The van der Waals surface area contributed by atoms with Gasteiger partial charge in [-0.3, -0.25) is 4.94 Å². The average molecular weight is 198 g/mol. The van der Waals surface area contributed by atoms with Gasteiger partial charge in [-0.25, -0.2) is 5.23 Å². The van der Waals surface area contributed by atoms with Crippen molar-refractivity contribution < 1.29 is 9.79 Å². The third kappa shape index (κ3) is 0.887. The fraction of sp³-hybridized carbons (Fsp3) is 0.333. The van der Waals surface area contributed by atoms with Gasteiger partial charge in [-0.1, -0.05) is 4.85 Å². The molecule has 0 N–H and O–H groups in total. The number of fused-ring (bicyclic) bond motifs is 1. The summed E-state index contributed by atoms with van der Waals surface area (Å²) in [4.78, 5) is 4.40. The lowest BCUT2D eigenvalue weighted by molar-refractivity contribution is -0.610. The SMILES string of the molecule is CC1=C2C(=NON2[O-])C(C)=[N+]([O-])N1[O-]. The summed E-state index contributed by atoms with van der Waals surface area (Å²) in [5.74, 6) is 0. The van der Waals surface area contributed by atoms with Gasteiger partial charge in [-0.05, 0) is 12.1 Å². The van der Waals surface area contributed by atoms with E-state index in [-0.39, 0.29) is 38.1 Å². The molecule has 0 amide bonds. The van der Waals surface area contributed by atoms with Crippen molar-refractivity contribution in [3.8, 4) is 0 Å². The van der Waals surface area contributed by atoms with E-state index < -0.39 is 0 Å². The van der Waals surface area contributed by atoms with Crippen LogP contribution in [-0.2, 0) is 4.94 Å². The molecule has 0 radical (unpaired) electrons. The summed E-state index contributed by atoms with van der Waals surface area (Å²) in [5, 5.41) is 37.0. The molecule has 0 saturated carbocycles. The number of nitrogens with zero attached hydrogens (tertiary/aromatic N) is 4. The number of hydrogen-bond donors (Lipinski definition) is 0. The maximum Gasteiger partial charge on any atom is 0.246 e. The highest BCUT2D eigenvalue weighted by Gasteiger charge is 2.34. The Morgan fingerprint density at radius 1 is 1.36 bits per heavy atom. The molecule has 14 heavy (non-hydrogen) atoms. The Kier molecular flexibility index (Phi) is 1.63. The van der Waals surface area contributed by atoms with Crippen molar-refractivity contribution in [1.82, 2.24) is 10.4 Å². The molecule has 2 heterocycles. The zero-order chi connectivity index (χ0) is 10.5. The van der Waals surface area contributed by atoms with Gasteiger partial charge in [0.2, 0.25) is 11.4 Å². The monoisotopic (exact) mass is 198 g/mol. The molecule has 8 nitrogen and oxygen atoms in total. The first-order valence-corrected chi connectivity index (χ1v) is 3.76. The van der Waals surface area contributed by atoms with Crippen LogP contribution in [0.3, 0.4) is 0 Å². The smallest absolute Gasteiger partial charge is 0.246 e. The Morgan fingerprint density at radius 3 is 2.64 bits per heavy atom. The zero-order valence-electron chi connectivity index (χ0n) is 7.42. The summed E-state index contributed by atoms with van der Waals surface area (Å²) in [6.45, 7) is 2.72. The molecular weight excluding hydrogens is 192 g/mol. The molecule has 2 aliphatic heterocycles. The molecule has 0 aromatic rings. The van der Waals surface area contributed by atoms with Crippen molar-refractivity contribution in [3.05, 3.63) is 27.0 Å².